The summed E-state index contributed by atoms with van der Waals surface area (Å²) in [5.74, 6) is 1.51. The summed E-state index contributed by atoms with van der Waals surface area (Å²) < 4.78 is 13.6. The summed E-state index contributed by atoms with van der Waals surface area (Å²) in [7, 11) is 1.85. The van der Waals surface area contributed by atoms with E-state index in [1.807, 2.05) is 31.4 Å². The van der Waals surface area contributed by atoms with Crippen LogP contribution >= 0.6 is 11.6 Å². The molecular weight excluding hydrogens is 428 g/mol. The fourth-order valence-electron chi connectivity index (χ4n) is 3.55. The van der Waals surface area contributed by atoms with E-state index < -0.39 is 0 Å². The average Bonchev–Trinajstić information content (AvgIpc) is 3.17. The van der Waals surface area contributed by atoms with Gasteiger partial charge in [-0.3, -0.25) is 14.5 Å². The number of amides is 1. The summed E-state index contributed by atoms with van der Waals surface area (Å²) in [6.45, 7) is 0.824. The molecule has 0 saturated heterocycles. The number of nitrogens with zero attached hydrogens (tertiary/aromatic N) is 4. The quantitative estimate of drug-likeness (QED) is 0.443. The second kappa shape index (κ2) is 8.36. The van der Waals surface area contributed by atoms with Gasteiger partial charge >= 0.3 is 0 Å². The van der Waals surface area contributed by atoms with Crippen molar-refractivity contribution in [1.82, 2.24) is 14.8 Å². The van der Waals surface area contributed by atoms with Gasteiger partial charge in [0.25, 0.3) is 5.91 Å². The lowest BCUT2D eigenvalue weighted by Crippen LogP contribution is -2.32. The highest BCUT2D eigenvalue weighted by Gasteiger charge is 2.25. The Hall–Kier alpha value is -3.84. The molecule has 1 aliphatic rings. The van der Waals surface area contributed by atoms with Gasteiger partial charge in [-0.25, -0.2) is 0 Å². The molecule has 0 unspecified atom stereocenters. The molecule has 5 rings (SSSR count). The van der Waals surface area contributed by atoms with Crippen molar-refractivity contribution in [2.24, 2.45) is 7.05 Å². The first kappa shape index (κ1) is 20.1. The molecule has 1 aliphatic heterocycles. The van der Waals surface area contributed by atoms with Gasteiger partial charge in [0.1, 0.15) is 23.9 Å². The molecule has 0 bridgehead atoms. The topological polar surface area (TPSA) is 69.5 Å². The lowest BCUT2D eigenvalue weighted by atomic mass is 10.1. The third kappa shape index (κ3) is 4.02. The number of carbonyl (C=O) groups excluding carboxylic acids is 1. The number of hydrogen-bond donors (Lipinski definition) is 0. The van der Waals surface area contributed by atoms with Crippen LogP contribution in [-0.4, -0.2) is 33.8 Å². The van der Waals surface area contributed by atoms with Crippen LogP contribution in [0, 0.1) is 0 Å². The molecule has 0 N–H and O–H groups in total. The van der Waals surface area contributed by atoms with E-state index in [9.17, 15) is 4.79 Å². The third-order valence-corrected chi connectivity index (χ3v) is 5.36. The minimum absolute atomic E-state index is 0.156. The molecule has 4 aromatic rings. The SMILES string of the molecule is Cn1cc(-c2cc(Oc3ccc4c(c3)C(=O)N(c3ccc(Cl)cc3)CCO4)ccn2)cn1. The molecule has 32 heavy (non-hydrogen) atoms. The van der Waals surface area contributed by atoms with Crippen LogP contribution in [0.25, 0.3) is 11.3 Å². The summed E-state index contributed by atoms with van der Waals surface area (Å²) in [4.78, 5) is 19.4. The number of fused-ring (bicyclic) bond motifs is 1. The molecule has 0 fully saturated rings. The smallest absolute Gasteiger partial charge is 0.262 e. The van der Waals surface area contributed by atoms with E-state index in [0.717, 1.165) is 16.9 Å². The second-order valence-electron chi connectivity index (χ2n) is 7.32. The first-order valence-electron chi connectivity index (χ1n) is 10.0. The number of aryl methyl sites for hydroxylation is 1. The van der Waals surface area contributed by atoms with Gasteiger partial charge in [-0.2, -0.15) is 5.10 Å². The van der Waals surface area contributed by atoms with Crippen LogP contribution in [0.2, 0.25) is 5.02 Å². The number of carbonyl (C=O) groups is 1. The normalized spacial score (nSPS) is 13.3. The number of hydrogen-bond acceptors (Lipinski definition) is 5. The first-order chi connectivity index (χ1) is 15.6. The van der Waals surface area contributed by atoms with Gasteiger partial charge in [-0.15, -0.1) is 0 Å². The minimum Gasteiger partial charge on any atom is -0.491 e. The maximum Gasteiger partial charge on any atom is 0.262 e. The highest BCUT2D eigenvalue weighted by Crippen LogP contribution is 2.32. The standard InChI is InChI=1S/C24H19ClN4O3/c1-28-15-16(14-27-28)22-13-20(8-9-26-22)32-19-6-7-23-21(12-19)24(30)29(10-11-31-23)18-4-2-17(25)3-5-18/h2-9,12-15H,10-11H2,1H3. The maximum atomic E-state index is 13.3. The molecule has 0 saturated carbocycles. The molecule has 1 amide bonds. The van der Waals surface area contributed by atoms with Gasteiger partial charge in [0.15, 0.2) is 0 Å². The van der Waals surface area contributed by atoms with Gasteiger partial charge in [-0.05, 0) is 48.5 Å². The van der Waals surface area contributed by atoms with E-state index in [2.05, 4.69) is 10.1 Å². The molecule has 160 valence electrons. The number of aromatic nitrogens is 3. The lowest BCUT2D eigenvalue weighted by molar-refractivity contribution is 0.0989. The van der Waals surface area contributed by atoms with Crippen molar-refractivity contribution in [2.75, 3.05) is 18.1 Å². The van der Waals surface area contributed by atoms with Crippen LogP contribution in [0.5, 0.6) is 17.2 Å². The number of benzene rings is 2. The Kier molecular flexibility index (Phi) is 5.25. The fraction of sp³-hybridized carbons (Fsp3) is 0.125. The number of pyridine rings is 1. The number of anilines is 1. The zero-order chi connectivity index (χ0) is 22.1. The molecule has 3 heterocycles. The van der Waals surface area contributed by atoms with Crippen molar-refractivity contribution in [1.29, 1.82) is 0 Å². The molecule has 2 aromatic heterocycles. The maximum absolute atomic E-state index is 13.3. The molecule has 0 radical (unpaired) electrons. The van der Waals surface area contributed by atoms with Gasteiger partial charge in [0.05, 0.1) is 24.0 Å². The Labute approximate surface area is 189 Å². The predicted octanol–water partition coefficient (Wildman–Crippen LogP) is 4.97. The van der Waals surface area contributed by atoms with E-state index in [1.54, 1.807) is 58.4 Å². The second-order valence-corrected chi connectivity index (χ2v) is 7.76. The molecule has 0 atom stereocenters. The van der Waals surface area contributed by atoms with Crippen molar-refractivity contribution in [2.45, 2.75) is 0 Å². The monoisotopic (exact) mass is 446 g/mol. The van der Waals surface area contributed by atoms with Crippen molar-refractivity contribution in [3.05, 3.63) is 83.8 Å². The van der Waals surface area contributed by atoms with Crippen molar-refractivity contribution in [3.8, 4) is 28.5 Å². The predicted molar refractivity (Wildman–Crippen MR) is 122 cm³/mol. The van der Waals surface area contributed by atoms with Crippen LogP contribution in [0.15, 0.2) is 73.2 Å². The summed E-state index contributed by atoms with van der Waals surface area (Å²) in [5, 5.41) is 4.80. The largest absolute Gasteiger partial charge is 0.491 e. The fourth-order valence-corrected chi connectivity index (χ4v) is 3.67. The molecule has 8 heteroatoms. The minimum atomic E-state index is -0.156. The lowest BCUT2D eigenvalue weighted by Gasteiger charge is -2.20. The van der Waals surface area contributed by atoms with Gasteiger partial charge in [-0.1, -0.05) is 11.6 Å². The van der Waals surface area contributed by atoms with Gasteiger partial charge in [0.2, 0.25) is 0 Å². The van der Waals surface area contributed by atoms with Crippen molar-refractivity contribution >= 4 is 23.2 Å². The zero-order valence-corrected chi connectivity index (χ0v) is 18.0. The highest BCUT2D eigenvalue weighted by molar-refractivity contribution is 6.30. The Morgan fingerprint density at radius 3 is 2.66 bits per heavy atom. The highest BCUT2D eigenvalue weighted by atomic mass is 35.5. The van der Waals surface area contributed by atoms with Gasteiger partial charge in [0, 0.05) is 41.8 Å². The van der Waals surface area contributed by atoms with Crippen LogP contribution in [0.4, 0.5) is 5.69 Å². The zero-order valence-electron chi connectivity index (χ0n) is 17.2. The number of halogens is 1. The van der Waals surface area contributed by atoms with Crippen LogP contribution in [0.3, 0.4) is 0 Å². The summed E-state index contributed by atoms with van der Waals surface area (Å²) in [5.41, 5.74) is 2.84. The molecule has 0 aliphatic carbocycles. The molecule has 2 aromatic carbocycles. The van der Waals surface area contributed by atoms with E-state index >= 15 is 0 Å². The Morgan fingerprint density at radius 2 is 1.88 bits per heavy atom. The van der Waals surface area contributed by atoms with E-state index in [-0.39, 0.29) is 5.91 Å². The Balaban J connectivity index is 1.43. The summed E-state index contributed by atoms with van der Waals surface area (Å²) in [6.07, 6.45) is 5.31. The summed E-state index contributed by atoms with van der Waals surface area (Å²) >= 11 is 6.00. The van der Waals surface area contributed by atoms with E-state index in [0.29, 0.717) is 41.0 Å². The average molecular weight is 447 g/mol. The molecule has 7 nitrogen and oxygen atoms in total. The van der Waals surface area contributed by atoms with Crippen LogP contribution in [-0.2, 0) is 7.05 Å². The Bertz CT molecular complexity index is 1290. The summed E-state index contributed by atoms with van der Waals surface area (Å²) in [6, 6.07) is 16.0. The van der Waals surface area contributed by atoms with E-state index in [4.69, 9.17) is 21.1 Å². The Morgan fingerprint density at radius 1 is 1.06 bits per heavy atom. The van der Waals surface area contributed by atoms with Crippen molar-refractivity contribution in [3.63, 3.8) is 0 Å². The van der Waals surface area contributed by atoms with Gasteiger partial charge < -0.3 is 14.4 Å². The number of rotatable bonds is 4. The molecule has 0 spiro atoms. The first-order valence-corrected chi connectivity index (χ1v) is 10.4. The molecular formula is C24H19ClN4O3. The number of ether oxygens (including phenoxy) is 2. The van der Waals surface area contributed by atoms with Crippen LogP contribution < -0.4 is 14.4 Å². The third-order valence-electron chi connectivity index (χ3n) is 5.11. The van der Waals surface area contributed by atoms with Crippen molar-refractivity contribution < 1.29 is 14.3 Å². The van der Waals surface area contributed by atoms with E-state index in [1.165, 1.54) is 0 Å². The van der Waals surface area contributed by atoms with Crippen LogP contribution in [0.1, 0.15) is 10.4 Å².